The van der Waals surface area contributed by atoms with Gasteiger partial charge in [0.2, 0.25) is 0 Å². The molecule has 0 saturated carbocycles. The molecule has 0 unspecified atom stereocenters. The maximum absolute atomic E-state index is 13.7. The summed E-state index contributed by atoms with van der Waals surface area (Å²) >= 11 is 0. The topological polar surface area (TPSA) is 45.7 Å². The lowest BCUT2D eigenvalue weighted by molar-refractivity contribution is -0.0857. The number of fused-ring (bicyclic) bond motifs is 6. The minimum absolute atomic E-state index is 0.0939. The lowest BCUT2D eigenvalue weighted by Crippen LogP contribution is -2.14. The Morgan fingerprint density at radius 2 is 1.00 bits per heavy atom. The number of anilines is 1. The van der Waals surface area contributed by atoms with E-state index in [4.69, 9.17) is 5.41 Å². The number of benzene rings is 5. The molecule has 2 N–H and O–H groups in total. The highest BCUT2D eigenvalue weighted by Crippen LogP contribution is 2.39. The SMILES string of the molecule is CC(C)(C)c1ccc2c3ccccc3n(-c3cc(N/C=C(\C=N)C(F)(F)F)cc(-n4c5ccccc5c5ccc(C(C)(C)C)cc54)c3)c2c1. The van der Waals surface area contributed by atoms with Gasteiger partial charge in [0.1, 0.15) is 0 Å². The predicted molar refractivity (Wildman–Crippen MR) is 199 cm³/mol. The molecule has 0 bridgehead atoms. The van der Waals surface area contributed by atoms with Gasteiger partial charge in [-0.2, -0.15) is 13.2 Å². The first-order valence-electron chi connectivity index (χ1n) is 16.4. The van der Waals surface area contributed by atoms with E-state index in [-0.39, 0.29) is 10.8 Å². The first kappa shape index (κ1) is 32.3. The van der Waals surface area contributed by atoms with Gasteiger partial charge >= 0.3 is 6.18 Å². The number of aromatic nitrogens is 2. The van der Waals surface area contributed by atoms with Crippen molar-refractivity contribution < 1.29 is 13.2 Å². The van der Waals surface area contributed by atoms with E-state index >= 15 is 0 Å². The van der Waals surface area contributed by atoms with Crippen molar-refractivity contribution in [2.45, 2.75) is 58.5 Å². The van der Waals surface area contributed by atoms with Crippen LogP contribution in [-0.4, -0.2) is 21.5 Å². The van der Waals surface area contributed by atoms with Crippen molar-refractivity contribution in [3.63, 3.8) is 0 Å². The van der Waals surface area contributed by atoms with Gasteiger partial charge in [0.05, 0.1) is 39.0 Å². The van der Waals surface area contributed by atoms with Crippen molar-refractivity contribution in [3.8, 4) is 11.4 Å². The van der Waals surface area contributed by atoms with Gasteiger partial charge in [0, 0.05) is 39.6 Å². The van der Waals surface area contributed by atoms with E-state index in [1.165, 1.54) is 11.1 Å². The molecule has 0 spiro atoms. The molecule has 0 fully saturated rings. The molecule has 0 aliphatic rings. The maximum Gasteiger partial charge on any atom is 0.419 e. The van der Waals surface area contributed by atoms with Crippen LogP contribution in [0.15, 0.2) is 115 Å². The van der Waals surface area contributed by atoms with Crippen LogP contribution in [0.4, 0.5) is 18.9 Å². The number of rotatable bonds is 5. The molecular formula is C42H39F3N4. The highest BCUT2D eigenvalue weighted by molar-refractivity contribution is 6.11. The number of allylic oxidation sites excluding steroid dienone is 1. The molecule has 0 amide bonds. The fraction of sp³-hybridized carbons (Fsp3) is 0.214. The van der Waals surface area contributed by atoms with E-state index in [1.54, 1.807) is 0 Å². The van der Waals surface area contributed by atoms with Gasteiger partial charge in [0.25, 0.3) is 0 Å². The Morgan fingerprint density at radius 3 is 1.41 bits per heavy atom. The standard InChI is InChI=1S/C42H39F3N4/c1-40(2,3)26-15-17-34-32-11-7-9-13-36(32)48(38(34)19-26)30-21-29(47-25-28(24-46)42(43,44)45)22-31(23-30)49-37-14-10-8-12-33(37)35-18-16-27(20-39(35)49)41(4,5)6/h7-25,46-47H,1-6H3/b28-25+,46-24?. The van der Waals surface area contributed by atoms with Crippen LogP contribution in [-0.2, 0) is 10.8 Å². The van der Waals surface area contributed by atoms with Crippen molar-refractivity contribution >= 4 is 55.5 Å². The maximum atomic E-state index is 13.7. The highest BCUT2D eigenvalue weighted by Gasteiger charge is 2.32. The Morgan fingerprint density at radius 1 is 0.571 bits per heavy atom. The Balaban J connectivity index is 1.58. The van der Waals surface area contributed by atoms with Crippen molar-refractivity contribution in [1.29, 1.82) is 5.41 Å². The van der Waals surface area contributed by atoms with Gasteiger partial charge in [0.15, 0.2) is 0 Å². The van der Waals surface area contributed by atoms with Crippen LogP contribution in [0.1, 0.15) is 52.7 Å². The average molecular weight is 657 g/mol. The third-order valence-electron chi connectivity index (χ3n) is 9.38. The molecule has 7 aromatic rings. The second kappa shape index (κ2) is 11.4. The summed E-state index contributed by atoms with van der Waals surface area (Å²) in [6.45, 7) is 13.1. The summed E-state index contributed by atoms with van der Waals surface area (Å²) in [5.41, 5.74) is 7.18. The number of nitrogens with one attached hydrogen (secondary N) is 2. The van der Waals surface area contributed by atoms with Gasteiger partial charge in [-0.25, -0.2) is 0 Å². The molecular weight excluding hydrogens is 617 g/mol. The lowest BCUT2D eigenvalue weighted by Gasteiger charge is -2.21. The van der Waals surface area contributed by atoms with E-state index in [0.717, 1.165) is 61.2 Å². The number of nitrogens with zero attached hydrogens (tertiary/aromatic N) is 2. The van der Waals surface area contributed by atoms with E-state index in [0.29, 0.717) is 11.9 Å². The van der Waals surface area contributed by atoms with E-state index < -0.39 is 11.7 Å². The van der Waals surface area contributed by atoms with Gasteiger partial charge in [-0.15, -0.1) is 0 Å². The Kier molecular flexibility index (Phi) is 7.51. The molecule has 49 heavy (non-hydrogen) atoms. The monoisotopic (exact) mass is 656 g/mol. The van der Waals surface area contributed by atoms with Gasteiger partial charge < -0.3 is 19.9 Å². The summed E-state index contributed by atoms with van der Waals surface area (Å²) in [5.74, 6) is 0. The summed E-state index contributed by atoms with van der Waals surface area (Å²) in [7, 11) is 0. The molecule has 2 aromatic heterocycles. The number of hydrogen-bond donors (Lipinski definition) is 2. The quantitative estimate of drug-likeness (QED) is 0.178. The van der Waals surface area contributed by atoms with Crippen LogP contribution in [0.5, 0.6) is 0 Å². The van der Waals surface area contributed by atoms with Crippen LogP contribution in [0.3, 0.4) is 0 Å². The second-order valence-corrected chi connectivity index (χ2v) is 14.8. The normalized spacial score (nSPS) is 13.2. The number of hydrogen-bond acceptors (Lipinski definition) is 2. The van der Waals surface area contributed by atoms with Crippen LogP contribution >= 0.6 is 0 Å². The number of para-hydroxylation sites is 2. The van der Waals surface area contributed by atoms with Crippen molar-refractivity contribution in [3.05, 3.63) is 126 Å². The fourth-order valence-corrected chi connectivity index (χ4v) is 6.73. The largest absolute Gasteiger partial charge is 0.419 e. The highest BCUT2D eigenvalue weighted by atomic mass is 19.4. The van der Waals surface area contributed by atoms with Gasteiger partial charge in [-0.05, 0) is 64.4 Å². The molecule has 0 atom stereocenters. The molecule has 7 heteroatoms. The van der Waals surface area contributed by atoms with E-state index in [1.807, 2.05) is 36.4 Å². The summed E-state index contributed by atoms with van der Waals surface area (Å²) < 4.78 is 45.6. The molecule has 7 rings (SSSR count). The van der Waals surface area contributed by atoms with E-state index in [2.05, 4.69) is 123 Å². The lowest BCUT2D eigenvalue weighted by atomic mass is 9.86. The number of alkyl halides is 3. The van der Waals surface area contributed by atoms with E-state index in [9.17, 15) is 13.2 Å². The van der Waals surface area contributed by atoms with Crippen molar-refractivity contribution in [2.75, 3.05) is 5.32 Å². The molecule has 248 valence electrons. The Bertz CT molecular complexity index is 2290. The molecule has 5 aromatic carbocycles. The zero-order valence-electron chi connectivity index (χ0n) is 28.5. The Hall–Kier alpha value is -5.30. The minimum atomic E-state index is -4.67. The van der Waals surface area contributed by atoms with Crippen LogP contribution in [0.25, 0.3) is 55.0 Å². The molecule has 0 radical (unpaired) electrons. The second-order valence-electron chi connectivity index (χ2n) is 14.8. The summed E-state index contributed by atoms with van der Waals surface area (Å²) in [4.78, 5) is 0. The molecule has 4 nitrogen and oxygen atoms in total. The van der Waals surface area contributed by atoms with Crippen molar-refractivity contribution in [1.82, 2.24) is 9.13 Å². The Labute approximate surface area is 284 Å². The fourth-order valence-electron chi connectivity index (χ4n) is 6.73. The smallest absolute Gasteiger partial charge is 0.361 e. The molecule has 0 saturated heterocycles. The third-order valence-corrected chi connectivity index (χ3v) is 9.38. The molecule has 2 heterocycles. The first-order chi connectivity index (χ1) is 23.1. The van der Waals surface area contributed by atoms with Crippen LogP contribution in [0, 0.1) is 5.41 Å². The van der Waals surface area contributed by atoms with Crippen LogP contribution in [0.2, 0.25) is 0 Å². The molecule has 0 aliphatic carbocycles. The zero-order chi connectivity index (χ0) is 34.9. The van der Waals surface area contributed by atoms with Crippen molar-refractivity contribution in [2.24, 2.45) is 0 Å². The zero-order valence-corrected chi connectivity index (χ0v) is 28.5. The average Bonchev–Trinajstić information content (AvgIpc) is 3.56. The molecule has 0 aliphatic heterocycles. The number of halogens is 3. The van der Waals surface area contributed by atoms with Crippen LogP contribution < -0.4 is 5.32 Å². The minimum Gasteiger partial charge on any atom is -0.361 e. The first-order valence-corrected chi connectivity index (χ1v) is 16.4. The van der Waals surface area contributed by atoms with Gasteiger partial charge in [-0.3, -0.25) is 0 Å². The summed E-state index contributed by atoms with van der Waals surface area (Å²) in [5, 5.41) is 14.7. The predicted octanol–water partition coefficient (Wildman–Crippen LogP) is 12.0. The summed E-state index contributed by atoms with van der Waals surface area (Å²) in [6, 6.07) is 35.5. The van der Waals surface area contributed by atoms with Gasteiger partial charge in [-0.1, -0.05) is 102 Å². The summed E-state index contributed by atoms with van der Waals surface area (Å²) in [6.07, 6.45) is -3.47. The third kappa shape index (κ3) is 5.67.